The molecule has 1 saturated heterocycles. The van der Waals surface area contributed by atoms with Crippen LogP contribution in [0.1, 0.15) is 40.0 Å². The Morgan fingerprint density at radius 1 is 1.44 bits per heavy atom. The lowest BCUT2D eigenvalue weighted by atomic mass is 9.97. The van der Waals surface area contributed by atoms with Gasteiger partial charge in [0.25, 0.3) is 0 Å². The van der Waals surface area contributed by atoms with Crippen molar-refractivity contribution in [3.8, 4) is 0 Å². The zero-order valence-corrected chi connectivity index (χ0v) is 11.1. The Bertz CT molecular complexity index is 181. The SMILES string of the molecule is CCC(C)C(CN)N(CC)CC1CCCO1. The maximum atomic E-state index is 5.92. The number of rotatable bonds is 7. The summed E-state index contributed by atoms with van der Waals surface area (Å²) in [6, 6.07) is 0.513. The number of hydrogen-bond acceptors (Lipinski definition) is 3. The molecule has 0 saturated carbocycles. The van der Waals surface area contributed by atoms with E-state index in [1.807, 2.05) is 0 Å². The van der Waals surface area contributed by atoms with Crippen molar-refractivity contribution >= 4 is 0 Å². The molecule has 1 aliphatic heterocycles. The van der Waals surface area contributed by atoms with Crippen LogP contribution >= 0.6 is 0 Å². The van der Waals surface area contributed by atoms with Crippen LogP contribution < -0.4 is 5.73 Å². The van der Waals surface area contributed by atoms with Gasteiger partial charge < -0.3 is 10.5 Å². The summed E-state index contributed by atoms with van der Waals surface area (Å²) >= 11 is 0. The lowest BCUT2D eigenvalue weighted by Crippen LogP contribution is -2.47. The largest absolute Gasteiger partial charge is 0.377 e. The first kappa shape index (κ1) is 13.9. The Balaban J connectivity index is 2.48. The first-order valence-corrected chi connectivity index (χ1v) is 6.78. The standard InChI is InChI=1S/C13H28N2O/c1-4-11(3)13(9-14)15(5-2)10-12-7-6-8-16-12/h11-13H,4-10,14H2,1-3H3. The Labute approximate surface area is 100 Å². The molecule has 3 unspecified atom stereocenters. The molecule has 0 aromatic carbocycles. The minimum absolute atomic E-state index is 0.443. The van der Waals surface area contributed by atoms with Crippen molar-refractivity contribution in [2.45, 2.75) is 52.2 Å². The summed E-state index contributed by atoms with van der Waals surface area (Å²) in [6.07, 6.45) is 4.08. The summed E-state index contributed by atoms with van der Waals surface area (Å²) in [4.78, 5) is 2.50. The molecule has 0 aromatic rings. The molecule has 3 atom stereocenters. The molecular weight excluding hydrogens is 200 g/mol. The van der Waals surface area contributed by atoms with E-state index in [2.05, 4.69) is 25.7 Å². The van der Waals surface area contributed by atoms with Crippen LogP contribution in [0, 0.1) is 5.92 Å². The Morgan fingerprint density at radius 3 is 2.62 bits per heavy atom. The van der Waals surface area contributed by atoms with Crippen molar-refractivity contribution in [3.05, 3.63) is 0 Å². The van der Waals surface area contributed by atoms with E-state index >= 15 is 0 Å². The van der Waals surface area contributed by atoms with Crippen molar-refractivity contribution < 1.29 is 4.74 Å². The quantitative estimate of drug-likeness (QED) is 0.723. The Kier molecular flexibility index (Phi) is 6.32. The van der Waals surface area contributed by atoms with Gasteiger partial charge in [-0.1, -0.05) is 27.2 Å². The van der Waals surface area contributed by atoms with Gasteiger partial charge in [-0.05, 0) is 25.3 Å². The van der Waals surface area contributed by atoms with Crippen LogP contribution in [0.25, 0.3) is 0 Å². The molecule has 0 amide bonds. The molecule has 1 aliphatic rings. The van der Waals surface area contributed by atoms with Crippen molar-refractivity contribution in [2.24, 2.45) is 11.7 Å². The predicted octanol–water partition coefficient (Wildman–Crippen LogP) is 1.86. The average molecular weight is 228 g/mol. The fraction of sp³-hybridized carbons (Fsp3) is 1.00. The molecule has 0 aliphatic carbocycles. The maximum absolute atomic E-state index is 5.92. The van der Waals surface area contributed by atoms with Gasteiger partial charge in [-0.15, -0.1) is 0 Å². The highest BCUT2D eigenvalue weighted by Crippen LogP contribution is 2.18. The molecule has 1 fully saturated rings. The van der Waals surface area contributed by atoms with Gasteiger partial charge in [0.05, 0.1) is 6.10 Å². The van der Waals surface area contributed by atoms with E-state index in [0.29, 0.717) is 18.1 Å². The van der Waals surface area contributed by atoms with Crippen LogP contribution in [0.3, 0.4) is 0 Å². The highest BCUT2D eigenvalue weighted by Gasteiger charge is 2.25. The van der Waals surface area contributed by atoms with Crippen molar-refractivity contribution in [1.82, 2.24) is 4.90 Å². The summed E-state index contributed by atoms with van der Waals surface area (Å²) in [7, 11) is 0. The van der Waals surface area contributed by atoms with Gasteiger partial charge in [-0.3, -0.25) is 4.90 Å². The van der Waals surface area contributed by atoms with E-state index in [0.717, 1.165) is 26.2 Å². The highest BCUT2D eigenvalue weighted by molar-refractivity contribution is 4.80. The Morgan fingerprint density at radius 2 is 2.19 bits per heavy atom. The van der Waals surface area contributed by atoms with E-state index in [9.17, 15) is 0 Å². The van der Waals surface area contributed by atoms with Gasteiger partial charge in [0.2, 0.25) is 0 Å². The van der Waals surface area contributed by atoms with Crippen LogP contribution in [0.2, 0.25) is 0 Å². The van der Waals surface area contributed by atoms with E-state index in [4.69, 9.17) is 10.5 Å². The molecule has 1 rings (SSSR count). The fourth-order valence-corrected chi connectivity index (χ4v) is 2.56. The van der Waals surface area contributed by atoms with Crippen molar-refractivity contribution in [1.29, 1.82) is 0 Å². The summed E-state index contributed by atoms with van der Waals surface area (Å²) < 4.78 is 5.71. The molecule has 0 spiro atoms. The molecule has 0 bridgehead atoms. The lowest BCUT2D eigenvalue weighted by Gasteiger charge is -2.35. The topological polar surface area (TPSA) is 38.5 Å². The third-order valence-corrected chi connectivity index (χ3v) is 3.88. The van der Waals surface area contributed by atoms with Gasteiger partial charge >= 0.3 is 0 Å². The highest BCUT2D eigenvalue weighted by atomic mass is 16.5. The number of hydrogen-bond donors (Lipinski definition) is 1. The maximum Gasteiger partial charge on any atom is 0.0702 e. The van der Waals surface area contributed by atoms with Gasteiger partial charge in [-0.25, -0.2) is 0 Å². The van der Waals surface area contributed by atoms with Gasteiger partial charge in [0, 0.05) is 25.7 Å². The minimum atomic E-state index is 0.443. The Hall–Kier alpha value is -0.120. The summed E-state index contributed by atoms with van der Waals surface area (Å²) in [6.45, 7) is 10.6. The van der Waals surface area contributed by atoms with E-state index in [1.165, 1.54) is 19.3 Å². The van der Waals surface area contributed by atoms with Gasteiger partial charge in [0.15, 0.2) is 0 Å². The zero-order chi connectivity index (χ0) is 12.0. The zero-order valence-electron chi connectivity index (χ0n) is 11.1. The molecule has 1 heterocycles. The summed E-state index contributed by atoms with van der Waals surface area (Å²) in [5.74, 6) is 0.673. The minimum Gasteiger partial charge on any atom is -0.377 e. The van der Waals surface area contributed by atoms with Gasteiger partial charge in [0.1, 0.15) is 0 Å². The smallest absolute Gasteiger partial charge is 0.0702 e. The molecule has 96 valence electrons. The predicted molar refractivity (Wildman–Crippen MR) is 68.5 cm³/mol. The normalized spacial score (nSPS) is 24.9. The first-order chi connectivity index (χ1) is 7.72. The van der Waals surface area contributed by atoms with E-state index in [-0.39, 0.29) is 0 Å². The number of nitrogens with zero attached hydrogens (tertiary/aromatic N) is 1. The molecule has 0 aromatic heterocycles. The second-order valence-electron chi connectivity index (χ2n) is 4.91. The van der Waals surface area contributed by atoms with Crippen LogP contribution in [0.15, 0.2) is 0 Å². The van der Waals surface area contributed by atoms with Crippen molar-refractivity contribution in [2.75, 3.05) is 26.2 Å². The average Bonchev–Trinajstić information content (AvgIpc) is 2.81. The van der Waals surface area contributed by atoms with Crippen LogP contribution in [-0.2, 0) is 4.74 Å². The summed E-state index contributed by atoms with van der Waals surface area (Å²) in [5.41, 5.74) is 5.92. The molecule has 3 nitrogen and oxygen atoms in total. The molecular formula is C13H28N2O. The van der Waals surface area contributed by atoms with E-state index < -0.39 is 0 Å². The molecule has 2 N–H and O–H groups in total. The number of ether oxygens (including phenoxy) is 1. The number of likely N-dealkylation sites (N-methyl/N-ethyl adjacent to an activating group) is 1. The third-order valence-electron chi connectivity index (χ3n) is 3.88. The van der Waals surface area contributed by atoms with E-state index in [1.54, 1.807) is 0 Å². The second kappa shape index (κ2) is 7.25. The van der Waals surface area contributed by atoms with Crippen LogP contribution in [0.5, 0.6) is 0 Å². The fourth-order valence-electron chi connectivity index (χ4n) is 2.56. The molecule has 0 radical (unpaired) electrons. The van der Waals surface area contributed by atoms with Crippen molar-refractivity contribution in [3.63, 3.8) is 0 Å². The molecule has 3 heteroatoms. The first-order valence-electron chi connectivity index (χ1n) is 6.78. The third kappa shape index (κ3) is 3.72. The van der Waals surface area contributed by atoms with Gasteiger partial charge in [-0.2, -0.15) is 0 Å². The molecule has 16 heavy (non-hydrogen) atoms. The van der Waals surface area contributed by atoms with Crippen LogP contribution in [-0.4, -0.2) is 43.3 Å². The number of nitrogens with two attached hydrogens (primary N) is 1. The second-order valence-corrected chi connectivity index (χ2v) is 4.91. The summed E-state index contributed by atoms with van der Waals surface area (Å²) in [5, 5.41) is 0. The monoisotopic (exact) mass is 228 g/mol. The van der Waals surface area contributed by atoms with Crippen LogP contribution in [0.4, 0.5) is 0 Å². The lowest BCUT2D eigenvalue weighted by molar-refractivity contribution is 0.0491.